The molecule has 3 rings (SSSR count). The van der Waals surface area contributed by atoms with Crippen LogP contribution in [0.3, 0.4) is 0 Å². The first-order chi connectivity index (χ1) is 12.8. The fraction of sp³-hybridized carbons (Fsp3) is 0.263. The smallest absolute Gasteiger partial charge is 0.416 e. The van der Waals surface area contributed by atoms with Gasteiger partial charge in [0.15, 0.2) is 6.10 Å². The highest BCUT2D eigenvalue weighted by Gasteiger charge is 2.31. The van der Waals surface area contributed by atoms with E-state index in [1.807, 2.05) is 0 Å². The number of benzene rings is 2. The van der Waals surface area contributed by atoms with Gasteiger partial charge in [0.25, 0.3) is 5.91 Å². The molecule has 1 aliphatic heterocycles. The number of alkyl halides is 3. The Bertz CT molecular complexity index is 850. The van der Waals surface area contributed by atoms with Crippen LogP contribution in [0.4, 0.5) is 24.5 Å². The maximum Gasteiger partial charge on any atom is 0.416 e. The second kappa shape index (κ2) is 7.30. The van der Waals surface area contributed by atoms with E-state index in [9.17, 15) is 22.8 Å². The van der Waals surface area contributed by atoms with Crippen LogP contribution in [0.1, 0.15) is 18.9 Å². The zero-order valence-corrected chi connectivity index (χ0v) is 14.4. The molecule has 0 bridgehead atoms. The number of hydrogen-bond donors (Lipinski definition) is 1. The van der Waals surface area contributed by atoms with Crippen molar-refractivity contribution in [3.05, 3.63) is 54.1 Å². The number of amides is 2. The minimum absolute atomic E-state index is 0.00613. The minimum Gasteiger partial charge on any atom is -0.479 e. The van der Waals surface area contributed by atoms with Gasteiger partial charge in [-0.25, -0.2) is 0 Å². The molecule has 0 spiro atoms. The van der Waals surface area contributed by atoms with Gasteiger partial charge in [0, 0.05) is 18.7 Å². The molecular weight excluding hydrogens is 361 g/mol. The Hall–Kier alpha value is -3.03. The van der Waals surface area contributed by atoms with Crippen LogP contribution in [0.15, 0.2) is 48.5 Å². The van der Waals surface area contributed by atoms with Gasteiger partial charge in [0.1, 0.15) is 5.75 Å². The molecule has 27 heavy (non-hydrogen) atoms. The van der Waals surface area contributed by atoms with Crippen LogP contribution < -0.4 is 15.0 Å². The predicted octanol–water partition coefficient (Wildman–Crippen LogP) is 3.85. The monoisotopic (exact) mass is 378 g/mol. The van der Waals surface area contributed by atoms with E-state index in [0.29, 0.717) is 11.4 Å². The van der Waals surface area contributed by atoms with Gasteiger partial charge in [-0.05, 0) is 43.3 Å². The summed E-state index contributed by atoms with van der Waals surface area (Å²) in [6.45, 7) is 1.77. The van der Waals surface area contributed by atoms with Gasteiger partial charge in [0.05, 0.1) is 11.3 Å². The van der Waals surface area contributed by atoms with Crippen molar-refractivity contribution in [2.45, 2.75) is 25.6 Å². The standard InChI is InChI=1S/C19H17F3N2O3/c1-12-18(26)24(15-4-2-3-5-16(15)27-12)11-10-17(25)23-14-8-6-13(7-9-14)19(20,21)22/h2-9,12H,10-11H2,1H3,(H,23,25). The van der Waals surface area contributed by atoms with Crippen molar-refractivity contribution in [1.29, 1.82) is 0 Å². The highest BCUT2D eigenvalue weighted by atomic mass is 19.4. The van der Waals surface area contributed by atoms with Gasteiger partial charge >= 0.3 is 6.18 Å². The number of nitrogens with one attached hydrogen (secondary N) is 1. The molecule has 0 saturated heterocycles. The number of carbonyl (C=O) groups excluding carboxylic acids is 2. The third-order valence-corrected chi connectivity index (χ3v) is 4.13. The average molecular weight is 378 g/mol. The van der Waals surface area contributed by atoms with Crippen molar-refractivity contribution in [2.75, 3.05) is 16.8 Å². The summed E-state index contributed by atoms with van der Waals surface area (Å²) in [7, 11) is 0. The topological polar surface area (TPSA) is 58.6 Å². The van der Waals surface area contributed by atoms with Crippen LogP contribution in [0.25, 0.3) is 0 Å². The maximum absolute atomic E-state index is 12.6. The van der Waals surface area contributed by atoms with E-state index >= 15 is 0 Å². The van der Waals surface area contributed by atoms with Gasteiger partial charge in [-0.15, -0.1) is 0 Å². The van der Waals surface area contributed by atoms with Crippen molar-refractivity contribution in [3.63, 3.8) is 0 Å². The third-order valence-electron chi connectivity index (χ3n) is 4.13. The Morgan fingerprint density at radius 1 is 1.15 bits per heavy atom. The molecule has 0 aromatic heterocycles. The first kappa shape index (κ1) is 18.8. The summed E-state index contributed by atoms with van der Waals surface area (Å²) in [6, 6.07) is 11.2. The molecule has 1 heterocycles. The van der Waals surface area contributed by atoms with E-state index in [0.717, 1.165) is 12.1 Å². The number of hydrogen-bond acceptors (Lipinski definition) is 3. The van der Waals surface area contributed by atoms with Gasteiger partial charge < -0.3 is 15.0 Å². The van der Waals surface area contributed by atoms with Crippen LogP contribution >= 0.6 is 0 Å². The summed E-state index contributed by atoms with van der Waals surface area (Å²) in [5.41, 5.74) is 0.0583. The Morgan fingerprint density at radius 2 is 1.81 bits per heavy atom. The fourth-order valence-electron chi connectivity index (χ4n) is 2.77. The molecule has 1 N–H and O–H groups in total. The molecule has 0 saturated carbocycles. The van der Waals surface area contributed by atoms with E-state index in [4.69, 9.17) is 4.74 Å². The molecule has 142 valence electrons. The Morgan fingerprint density at radius 3 is 2.48 bits per heavy atom. The number of rotatable bonds is 4. The Balaban J connectivity index is 1.63. The molecule has 1 atom stereocenters. The summed E-state index contributed by atoms with van der Waals surface area (Å²) in [6.07, 6.45) is -5.09. The first-order valence-corrected chi connectivity index (χ1v) is 8.30. The number of nitrogens with zero attached hydrogens (tertiary/aromatic N) is 1. The van der Waals surface area contributed by atoms with Crippen LogP contribution in [0.5, 0.6) is 5.75 Å². The highest BCUT2D eigenvalue weighted by molar-refractivity contribution is 6.00. The molecule has 2 amide bonds. The molecule has 0 radical (unpaired) electrons. The van der Waals surface area contributed by atoms with Gasteiger partial charge in [-0.3, -0.25) is 9.59 Å². The minimum atomic E-state index is -4.43. The van der Waals surface area contributed by atoms with E-state index in [-0.39, 0.29) is 24.6 Å². The molecule has 1 unspecified atom stereocenters. The summed E-state index contributed by atoms with van der Waals surface area (Å²) < 4.78 is 43.2. The molecular formula is C19H17F3N2O3. The Kier molecular flexibility index (Phi) is 5.07. The lowest BCUT2D eigenvalue weighted by Gasteiger charge is -2.32. The lowest BCUT2D eigenvalue weighted by atomic mass is 10.1. The molecule has 2 aromatic rings. The van der Waals surface area contributed by atoms with Crippen LogP contribution in [-0.4, -0.2) is 24.5 Å². The number of fused-ring (bicyclic) bond motifs is 1. The summed E-state index contributed by atoms with van der Waals surface area (Å²) in [5, 5.41) is 2.53. The van der Waals surface area contributed by atoms with Gasteiger partial charge in [0.2, 0.25) is 5.91 Å². The van der Waals surface area contributed by atoms with Gasteiger partial charge in [-0.2, -0.15) is 13.2 Å². The predicted molar refractivity (Wildman–Crippen MR) is 93.6 cm³/mol. The van der Waals surface area contributed by atoms with Crippen molar-refractivity contribution in [1.82, 2.24) is 0 Å². The molecule has 5 nitrogen and oxygen atoms in total. The third kappa shape index (κ3) is 4.21. The van der Waals surface area contributed by atoms with E-state index in [1.165, 1.54) is 17.0 Å². The van der Waals surface area contributed by atoms with Crippen molar-refractivity contribution in [3.8, 4) is 5.75 Å². The number of ether oxygens (including phenoxy) is 1. The number of anilines is 2. The quantitative estimate of drug-likeness (QED) is 0.879. The van der Waals surface area contributed by atoms with Crippen molar-refractivity contribution >= 4 is 23.2 Å². The van der Waals surface area contributed by atoms with Gasteiger partial charge in [-0.1, -0.05) is 12.1 Å². The molecule has 0 fully saturated rings. The fourth-order valence-corrected chi connectivity index (χ4v) is 2.77. The van der Waals surface area contributed by atoms with E-state index in [2.05, 4.69) is 5.32 Å². The summed E-state index contributed by atoms with van der Waals surface area (Å²) in [4.78, 5) is 26.0. The lowest BCUT2D eigenvalue weighted by molar-refractivity contribution is -0.137. The van der Waals surface area contributed by atoms with Crippen LogP contribution in [-0.2, 0) is 15.8 Å². The summed E-state index contributed by atoms with van der Waals surface area (Å²) in [5.74, 6) is -0.0945. The SMILES string of the molecule is CC1Oc2ccccc2N(CCC(=O)Nc2ccc(C(F)(F)F)cc2)C1=O. The average Bonchev–Trinajstić information content (AvgIpc) is 2.62. The number of para-hydroxylation sites is 2. The lowest BCUT2D eigenvalue weighted by Crippen LogP contribution is -2.45. The normalized spacial score (nSPS) is 16.5. The zero-order valence-electron chi connectivity index (χ0n) is 14.4. The second-order valence-electron chi connectivity index (χ2n) is 6.09. The van der Waals surface area contributed by atoms with Crippen LogP contribution in [0.2, 0.25) is 0 Å². The molecule has 8 heteroatoms. The number of halogens is 3. The summed E-state index contributed by atoms with van der Waals surface area (Å²) >= 11 is 0. The maximum atomic E-state index is 12.6. The van der Waals surface area contributed by atoms with Crippen molar-refractivity contribution < 1.29 is 27.5 Å². The number of carbonyl (C=O) groups is 2. The molecule has 0 aliphatic carbocycles. The second-order valence-corrected chi connectivity index (χ2v) is 6.09. The Labute approximate surface area is 153 Å². The highest BCUT2D eigenvalue weighted by Crippen LogP contribution is 2.33. The van der Waals surface area contributed by atoms with E-state index in [1.54, 1.807) is 31.2 Å². The first-order valence-electron chi connectivity index (χ1n) is 8.30. The largest absolute Gasteiger partial charge is 0.479 e. The molecule has 2 aromatic carbocycles. The molecule has 1 aliphatic rings. The van der Waals surface area contributed by atoms with E-state index < -0.39 is 23.8 Å². The zero-order chi connectivity index (χ0) is 19.6. The van der Waals surface area contributed by atoms with Crippen LogP contribution in [0, 0.1) is 0 Å². The van der Waals surface area contributed by atoms with Crippen molar-refractivity contribution in [2.24, 2.45) is 0 Å².